The molecule has 0 aliphatic rings. The van der Waals surface area contributed by atoms with E-state index >= 15 is 0 Å². The minimum atomic E-state index is -0.607. The van der Waals surface area contributed by atoms with Crippen LogP contribution in [-0.2, 0) is 0 Å². The Labute approximate surface area is 102 Å². The molecule has 0 aliphatic heterocycles. The van der Waals surface area contributed by atoms with Crippen LogP contribution in [0.25, 0.3) is 11.0 Å². The van der Waals surface area contributed by atoms with Gasteiger partial charge >= 0.3 is 5.69 Å². The van der Waals surface area contributed by atoms with E-state index in [2.05, 4.69) is 25.9 Å². The van der Waals surface area contributed by atoms with Crippen LogP contribution in [0.15, 0.2) is 10.8 Å². The van der Waals surface area contributed by atoms with Crippen molar-refractivity contribution in [3.8, 4) is 0 Å². The van der Waals surface area contributed by atoms with Crippen molar-refractivity contribution in [3.63, 3.8) is 0 Å². The molecule has 15 heavy (non-hydrogen) atoms. The van der Waals surface area contributed by atoms with Gasteiger partial charge in [-0.15, -0.1) is 0 Å². The maximum atomic E-state index is 10.8. The van der Waals surface area contributed by atoms with Crippen molar-refractivity contribution in [2.75, 3.05) is 0 Å². The zero-order chi connectivity index (χ0) is 11.2. The standard InChI is InChI=1S/C7H2BrCl2N3O2/c8-7-11-3-1-2(9)4(10)6(13(14)15)5(3)12-7/h1H,(H,11,12). The molecule has 0 amide bonds. The van der Waals surface area contributed by atoms with Crippen LogP contribution in [0.2, 0.25) is 10.0 Å². The number of fused-ring (bicyclic) bond motifs is 1. The van der Waals surface area contributed by atoms with Crippen LogP contribution in [0, 0.1) is 10.1 Å². The van der Waals surface area contributed by atoms with Gasteiger partial charge in [-0.25, -0.2) is 4.98 Å². The third-order valence-electron chi connectivity index (χ3n) is 1.80. The fourth-order valence-corrected chi connectivity index (χ4v) is 2.02. The van der Waals surface area contributed by atoms with Gasteiger partial charge in [0.15, 0.2) is 10.3 Å². The predicted octanol–water partition coefficient (Wildman–Crippen LogP) is 3.54. The summed E-state index contributed by atoms with van der Waals surface area (Å²) >= 11 is 14.6. The first kappa shape index (κ1) is 10.7. The average Bonchev–Trinajstić information content (AvgIpc) is 2.46. The Kier molecular flexibility index (Phi) is 2.57. The number of hydrogen-bond acceptors (Lipinski definition) is 3. The first-order chi connectivity index (χ1) is 7.00. The van der Waals surface area contributed by atoms with Gasteiger partial charge in [-0.3, -0.25) is 10.1 Å². The van der Waals surface area contributed by atoms with Gasteiger partial charge < -0.3 is 4.98 Å². The molecule has 1 heterocycles. The fraction of sp³-hybridized carbons (Fsp3) is 0. The van der Waals surface area contributed by atoms with Crippen molar-refractivity contribution in [2.45, 2.75) is 0 Å². The van der Waals surface area contributed by atoms with Crippen molar-refractivity contribution in [3.05, 3.63) is 31.0 Å². The number of aromatic nitrogens is 2. The highest BCUT2D eigenvalue weighted by atomic mass is 79.9. The lowest BCUT2D eigenvalue weighted by Gasteiger charge is -1.98. The van der Waals surface area contributed by atoms with Crippen LogP contribution in [0.4, 0.5) is 5.69 Å². The summed E-state index contributed by atoms with van der Waals surface area (Å²) in [7, 11) is 0. The molecule has 0 unspecified atom stereocenters. The molecule has 1 aromatic heterocycles. The van der Waals surface area contributed by atoms with Crippen LogP contribution in [-0.4, -0.2) is 14.9 Å². The van der Waals surface area contributed by atoms with Gasteiger partial charge in [0.2, 0.25) is 0 Å². The van der Waals surface area contributed by atoms with Gasteiger partial charge in [-0.2, -0.15) is 0 Å². The molecule has 1 N–H and O–H groups in total. The topological polar surface area (TPSA) is 71.8 Å². The Bertz CT molecular complexity index is 569. The molecule has 0 saturated heterocycles. The summed E-state index contributed by atoms with van der Waals surface area (Å²) < 4.78 is 0.388. The summed E-state index contributed by atoms with van der Waals surface area (Å²) in [5, 5.41) is 10.8. The molecule has 0 spiro atoms. The Morgan fingerprint density at radius 1 is 1.53 bits per heavy atom. The lowest BCUT2D eigenvalue weighted by molar-refractivity contribution is -0.383. The molecule has 0 bridgehead atoms. The van der Waals surface area contributed by atoms with E-state index in [1.54, 1.807) is 0 Å². The highest BCUT2D eigenvalue weighted by molar-refractivity contribution is 9.10. The lowest BCUT2D eigenvalue weighted by Crippen LogP contribution is -1.91. The van der Waals surface area contributed by atoms with Gasteiger partial charge in [0.05, 0.1) is 15.5 Å². The summed E-state index contributed by atoms with van der Waals surface area (Å²) in [5.41, 5.74) is 0.352. The van der Waals surface area contributed by atoms with Crippen molar-refractivity contribution in [2.24, 2.45) is 0 Å². The molecule has 0 atom stereocenters. The molecule has 1 aromatic carbocycles. The zero-order valence-corrected chi connectivity index (χ0v) is 10.0. The van der Waals surface area contributed by atoms with Gasteiger partial charge in [-0.05, 0) is 22.0 Å². The number of halogens is 3. The quantitative estimate of drug-likeness (QED) is 0.647. The van der Waals surface area contributed by atoms with Gasteiger partial charge in [-0.1, -0.05) is 23.2 Å². The normalized spacial score (nSPS) is 10.9. The van der Waals surface area contributed by atoms with Crippen LogP contribution in [0.3, 0.4) is 0 Å². The summed E-state index contributed by atoms with van der Waals surface area (Å²) in [5.74, 6) is 0. The molecular weight excluding hydrogens is 309 g/mol. The van der Waals surface area contributed by atoms with Gasteiger partial charge in [0.25, 0.3) is 0 Å². The van der Waals surface area contributed by atoms with E-state index in [0.717, 1.165) is 0 Å². The number of hydrogen-bond donors (Lipinski definition) is 1. The van der Waals surface area contributed by atoms with E-state index in [1.165, 1.54) is 6.07 Å². The van der Waals surface area contributed by atoms with E-state index in [0.29, 0.717) is 10.3 Å². The monoisotopic (exact) mass is 309 g/mol. The third kappa shape index (κ3) is 1.68. The number of nitrogens with zero attached hydrogens (tertiary/aromatic N) is 2. The van der Waals surface area contributed by atoms with Gasteiger partial charge in [0, 0.05) is 0 Å². The Hall–Kier alpha value is -0.850. The zero-order valence-electron chi connectivity index (χ0n) is 6.92. The second-order valence-electron chi connectivity index (χ2n) is 2.70. The largest absolute Gasteiger partial charge is 0.332 e. The minimum Gasteiger partial charge on any atom is -0.332 e. The van der Waals surface area contributed by atoms with Crippen LogP contribution >= 0.6 is 39.1 Å². The number of H-pyrrole nitrogens is 1. The summed E-state index contributed by atoms with van der Waals surface area (Å²) in [4.78, 5) is 16.9. The number of nitro benzene ring substituents is 1. The van der Waals surface area contributed by atoms with Crippen molar-refractivity contribution in [1.29, 1.82) is 0 Å². The molecule has 8 heteroatoms. The second-order valence-corrected chi connectivity index (χ2v) is 4.24. The molecule has 2 aromatic rings. The number of imidazole rings is 1. The number of nitrogens with one attached hydrogen (secondary N) is 1. The number of benzene rings is 1. The first-order valence-corrected chi connectivity index (χ1v) is 5.23. The third-order valence-corrected chi connectivity index (χ3v) is 2.95. The van der Waals surface area contributed by atoms with E-state index in [1.807, 2.05) is 0 Å². The summed E-state index contributed by atoms with van der Waals surface area (Å²) in [6, 6.07) is 1.49. The molecule has 78 valence electrons. The number of nitro groups is 1. The second kappa shape index (κ2) is 3.62. The average molecular weight is 311 g/mol. The SMILES string of the molecule is O=[N+]([O-])c1c(Cl)c(Cl)cc2[nH]c(Br)nc12. The molecule has 2 rings (SSSR count). The maximum absolute atomic E-state index is 10.8. The van der Waals surface area contributed by atoms with E-state index < -0.39 is 4.92 Å². The molecule has 0 aliphatic carbocycles. The van der Waals surface area contributed by atoms with Crippen molar-refractivity contribution < 1.29 is 4.92 Å². The van der Waals surface area contributed by atoms with Crippen LogP contribution in [0.1, 0.15) is 0 Å². The van der Waals surface area contributed by atoms with Gasteiger partial charge in [0.1, 0.15) is 5.02 Å². The Morgan fingerprint density at radius 3 is 2.80 bits per heavy atom. The van der Waals surface area contributed by atoms with Crippen molar-refractivity contribution in [1.82, 2.24) is 9.97 Å². The molecule has 5 nitrogen and oxygen atoms in total. The molecule has 0 fully saturated rings. The Balaban J connectivity index is 2.94. The number of rotatable bonds is 1. The highest BCUT2D eigenvalue weighted by Gasteiger charge is 2.23. The maximum Gasteiger partial charge on any atom is 0.317 e. The highest BCUT2D eigenvalue weighted by Crippen LogP contribution is 2.38. The summed E-state index contributed by atoms with van der Waals surface area (Å²) in [6.07, 6.45) is 0. The van der Waals surface area contributed by atoms with E-state index in [4.69, 9.17) is 23.2 Å². The van der Waals surface area contributed by atoms with Crippen LogP contribution < -0.4 is 0 Å². The molecule has 0 saturated carbocycles. The smallest absolute Gasteiger partial charge is 0.317 e. The molecule has 0 radical (unpaired) electrons. The Morgan fingerprint density at radius 2 is 2.20 bits per heavy atom. The first-order valence-electron chi connectivity index (χ1n) is 3.68. The van der Waals surface area contributed by atoms with E-state index in [9.17, 15) is 10.1 Å². The van der Waals surface area contributed by atoms with Crippen LogP contribution in [0.5, 0.6) is 0 Å². The lowest BCUT2D eigenvalue weighted by atomic mass is 10.2. The van der Waals surface area contributed by atoms with E-state index in [-0.39, 0.29) is 21.2 Å². The molecular formula is C7H2BrCl2N3O2. The summed E-state index contributed by atoms with van der Waals surface area (Å²) in [6.45, 7) is 0. The predicted molar refractivity (Wildman–Crippen MR) is 60.5 cm³/mol. The van der Waals surface area contributed by atoms with Crippen molar-refractivity contribution >= 4 is 55.9 Å². The fourth-order valence-electron chi connectivity index (χ4n) is 1.22. The number of aromatic amines is 1. The minimum absolute atomic E-state index is 0.104.